The van der Waals surface area contributed by atoms with E-state index in [1.807, 2.05) is 6.92 Å². The second-order valence-electron chi connectivity index (χ2n) is 6.40. The summed E-state index contributed by atoms with van der Waals surface area (Å²) < 4.78 is 15.9. The molecule has 1 atom stereocenters. The van der Waals surface area contributed by atoms with Gasteiger partial charge in [-0.3, -0.25) is 9.69 Å². The molecule has 2 aromatic rings. The van der Waals surface area contributed by atoms with E-state index in [-0.39, 0.29) is 19.1 Å². The third-order valence-corrected chi connectivity index (χ3v) is 4.93. The van der Waals surface area contributed by atoms with Gasteiger partial charge in [-0.25, -0.2) is 4.79 Å². The lowest BCUT2D eigenvalue weighted by Gasteiger charge is -2.26. The van der Waals surface area contributed by atoms with Crippen molar-refractivity contribution in [3.8, 4) is 17.2 Å². The number of carbonyl (C=O) groups excluding carboxylic acids is 2. The van der Waals surface area contributed by atoms with Gasteiger partial charge in [0.25, 0.3) is 5.91 Å². The number of benzene rings is 2. The van der Waals surface area contributed by atoms with Crippen molar-refractivity contribution in [1.82, 2.24) is 10.2 Å². The number of nitrogens with one attached hydrogen (secondary N) is 1. The SMILES string of the molecule is CC[C@@]1(c2ccc(OC)cc2)NC(=O)N(CCOc2ccc(OC)cc2)C1=O. The van der Waals surface area contributed by atoms with Gasteiger partial charge in [0.05, 0.1) is 20.8 Å². The standard InChI is InChI=1S/C21H24N2O5/c1-4-21(15-5-7-16(26-2)8-6-15)19(24)23(20(25)22-21)13-14-28-18-11-9-17(27-3)10-12-18/h5-12H,4,13-14H2,1-3H3,(H,22,25)/t21-/m0/s1. The predicted octanol–water partition coefficient (Wildman–Crippen LogP) is 2.94. The molecule has 0 spiro atoms. The van der Waals surface area contributed by atoms with Crippen molar-refractivity contribution in [3.63, 3.8) is 0 Å². The van der Waals surface area contributed by atoms with Crippen molar-refractivity contribution in [2.45, 2.75) is 18.9 Å². The van der Waals surface area contributed by atoms with Gasteiger partial charge >= 0.3 is 6.03 Å². The number of carbonyl (C=O) groups is 2. The molecule has 1 aliphatic heterocycles. The quantitative estimate of drug-likeness (QED) is 0.708. The van der Waals surface area contributed by atoms with Crippen molar-refractivity contribution in [1.29, 1.82) is 0 Å². The molecule has 0 aromatic heterocycles. The second-order valence-corrected chi connectivity index (χ2v) is 6.40. The third kappa shape index (κ3) is 3.60. The number of ether oxygens (including phenoxy) is 3. The minimum Gasteiger partial charge on any atom is -0.497 e. The zero-order valence-electron chi connectivity index (χ0n) is 16.2. The summed E-state index contributed by atoms with van der Waals surface area (Å²) in [6, 6.07) is 13.9. The molecule has 3 amide bonds. The van der Waals surface area contributed by atoms with E-state index in [1.54, 1.807) is 62.8 Å². The fraction of sp³-hybridized carbons (Fsp3) is 0.333. The van der Waals surface area contributed by atoms with Crippen molar-refractivity contribution in [3.05, 3.63) is 54.1 Å². The number of amides is 3. The Morgan fingerprint density at radius 1 is 0.893 bits per heavy atom. The molecule has 2 aromatic carbocycles. The molecule has 1 heterocycles. The first kappa shape index (κ1) is 19.5. The molecule has 3 rings (SSSR count). The molecular formula is C21H24N2O5. The molecule has 0 saturated carbocycles. The van der Waals surface area contributed by atoms with Crippen LogP contribution >= 0.6 is 0 Å². The van der Waals surface area contributed by atoms with E-state index in [0.29, 0.717) is 17.9 Å². The first-order valence-electron chi connectivity index (χ1n) is 9.09. The molecule has 28 heavy (non-hydrogen) atoms. The average Bonchev–Trinajstić information content (AvgIpc) is 2.99. The molecule has 7 nitrogen and oxygen atoms in total. The van der Waals surface area contributed by atoms with Gasteiger partial charge in [-0.1, -0.05) is 19.1 Å². The van der Waals surface area contributed by atoms with Gasteiger partial charge in [-0.15, -0.1) is 0 Å². The molecule has 0 aliphatic carbocycles. The van der Waals surface area contributed by atoms with Gasteiger partial charge in [0.1, 0.15) is 29.4 Å². The van der Waals surface area contributed by atoms with Gasteiger partial charge in [0, 0.05) is 0 Å². The van der Waals surface area contributed by atoms with Crippen LogP contribution in [0.15, 0.2) is 48.5 Å². The Hall–Kier alpha value is -3.22. The molecule has 1 saturated heterocycles. The second kappa shape index (κ2) is 8.21. The highest BCUT2D eigenvalue weighted by molar-refractivity contribution is 6.07. The number of urea groups is 1. The van der Waals surface area contributed by atoms with Gasteiger partial charge in [0.15, 0.2) is 0 Å². The van der Waals surface area contributed by atoms with E-state index in [9.17, 15) is 9.59 Å². The van der Waals surface area contributed by atoms with Crippen molar-refractivity contribution >= 4 is 11.9 Å². The third-order valence-electron chi connectivity index (χ3n) is 4.93. The highest BCUT2D eigenvalue weighted by Crippen LogP contribution is 2.33. The summed E-state index contributed by atoms with van der Waals surface area (Å²) in [6.07, 6.45) is 0.444. The zero-order valence-corrected chi connectivity index (χ0v) is 16.2. The van der Waals surface area contributed by atoms with Crippen LogP contribution in [0.4, 0.5) is 4.79 Å². The Bertz CT molecular complexity index is 835. The molecule has 0 radical (unpaired) electrons. The number of hydrogen-bond acceptors (Lipinski definition) is 5. The van der Waals surface area contributed by atoms with Gasteiger partial charge < -0.3 is 19.5 Å². The largest absolute Gasteiger partial charge is 0.497 e. The number of methoxy groups -OCH3 is 2. The van der Waals surface area contributed by atoms with E-state index in [4.69, 9.17) is 14.2 Å². The van der Waals surface area contributed by atoms with Gasteiger partial charge in [0.2, 0.25) is 0 Å². The maximum Gasteiger partial charge on any atom is 0.325 e. The van der Waals surface area contributed by atoms with Crippen LogP contribution in [0.1, 0.15) is 18.9 Å². The molecule has 148 valence electrons. The highest BCUT2D eigenvalue weighted by Gasteiger charge is 2.51. The van der Waals surface area contributed by atoms with Crippen molar-refractivity contribution < 1.29 is 23.8 Å². The summed E-state index contributed by atoms with van der Waals surface area (Å²) in [5.74, 6) is 1.79. The Morgan fingerprint density at radius 3 is 1.96 bits per heavy atom. The maximum absolute atomic E-state index is 13.1. The number of hydrogen-bond donors (Lipinski definition) is 1. The number of rotatable bonds is 8. The minimum atomic E-state index is -1.07. The van der Waals surface area contributed by atoms with Crippen molar-refractivity contribution in [2.24, 2.45) is 0 Å². The molecule has 1 aliphatic rings. The Kier molecular flexibility index (Phi) is 5.73. The summed E-state index contributed by atoms with van der Waals surface area (Å²) >= 11 is 0. The Balaban J connectivity index is 1.68. The van der Waals surface area contributed by atoms with Gasteiger partial charge in [-0.2, -0.15) is 0 Å². The van der Waals surface area contributed by atoms with E-state index in [2.05, 4.69) is 5.32 Å². The van der Waals surface area contributed by atoms with E-state index in [1.165, 1.54) is 4.90 Å². The summed E-state index contributed by atoms with van der Waals surface area (Å²) in [4.78, 5) is 26.8. The fourth-order valence-electron chi connectivity index (χ4n) is 3.27. The summed E-state index contributed by atoms with van der Waals surface area (Å²) in [6.45, 7) is 2.24. The van der Waals surface area contributed by atoms with E-state index < -0.39 is 11.6 Å². The van der Waals surface area contributed by atoms with Crippen LogP contribution < -0.4 is 19.5 Å². The Morgan fingerprint density at radius 2 is 1.43 bits per heavy atom. The van der Waals surface area contributed by atoms with Crippen LogP contribution in [0.25, 0.3) is 0 Å². The highest BCUT2D eigenvalue weighted by atomic mass is 16.5. The predicted molar refractivity (Wildman–Crippen MR) is 104 cm³/mol. The molecule has 1 N–H and O–H groups in total. The number of imide groups is 1. The molecule has 0 bridgehead atoms. The smallest absolute Gasteiger partial charge is 0.325 e. The van der Waals surface area contributed by atoms with Crippen LogP contribution in [0.2, 0.25) is 0 Å². The molecule has 1 fully saturated rings. The van der Waals surface area contributed by atoms with Crippen LogP contribution in [0, 0.1) is 0 Å². The lowest BCUT2D eigenvalue weighted by molar-refractivity contribution is -0.132. The lowest BCUT2D eigenvalue weighted by Crippen LogP contribution is -2.43. The first-order chi connectivity index (χ1) is 13.5. The van der Waals surface area contributed by atoms with Crippen LogP contribution in [-0.2, 0) is 10.3 Å². The van der Waals surface area contributed by atoms with Crippen molar-refractivity contribution in [2.75, 3.05) is 27.4 Å². The van der Waals surface area contributed by atoms with E-state index >= 15 is 0 Å². The molecule has 0 unspecified atom stereocenters. The van der Waals surface area contributed by atoms with Gasteiger partial charge in [-0.05, 0) is 48.4 Å². The normalized spacial score (nSPS) is 18.8. The molecular weight excluding hydrogens is 360 g/mol. The fourth-order valence-corrected chi connectivity index (χ4v) is 3.27. The molecule has 7 heteroatoms. The first-order valence-corrected chi connectivity index (χ1v) is 9.09. The van der Waals surface area contributed by atoms with Crippen LogP contribution in [0.5, 0.6) is 17.2 Å². The summed E-state index contributed by atoms with van der Waals surface area (Å²) in [5.41, 5.74) is -0.337. The summed E-state index contributed by atoms with van der Waals surface area (Å²) in [7, 11) is 3.17. The summed E-state index contributed by atoms with van der Waals surface area (Å²) in [5, 5.41) is 2.86. The Labute approximate surface area is 164 Å². The number of nitrogens with zero attached hydrogens (tertiary/aromatic N) is 1. The van der Waals surface area contributed by atoms with Crippen LogP contribution in [-0.4, -0.2) is 44.2 Å². The maximum atomic E-state index is 13.1. The average molecular weight is 384 g/mol. The monoisotopic (exact) mass is 384 g/mol. The lowest BCUT2D eigenvalue weighted by atomic mass is 9.87. The zero-order chi connectivity index (χ0) is 20.1. The van der Waals surface area contributed by atoms with E-state index in [0.717, 1.165) is 11.3 Å². The van der Waals surface area contributed by atoms with Crippen LogP contribution in [0.3, 0.4) is 0 Å². The topological polar surface area (TPSA) is 77.1 Å². The minimum absolute atomic E-state index is 0.161.